The van der Waals surface area contributed by atoms with E-state index in [-0.39, 0.29) is 5.91 Å². The Hall–Kier alpha value is -4.02. The summed E-state index contributed by atoms with van der Waals surface area (Å²) in [5.74, 6) is -0.296. The predicted octanol–water partition coefficient (Wildman–Crippen LogP) is 6.47. The maximum Gasteiger partial charge on any atom is 0.272 e. The molecule has 0 aliphatic carbocycles. The van der Waals surface area contributed by atoms with E-state index in [1.165, 1.54) is 0 Å². The number of nitrogens with zero attached hydrogens (tertiary/aromatic N) is 2. The lowest BCUT2D eigenvalue weighted by Crippen LogP contribution is -2.18. The number of halogens is 1. The molecule has 0 spiro atoms. The highest BCUT2D eigenvalue weighted by molar-refractivity contribution is 6.30. The number of aromatic nitrogens is 1. The zero-order valence-electron chi connectivity index (χ0n) is 17.0. The van der Waals surface area contributed by atoms with Crippen LogP contribution in [0.25, 0.3) is 32.9 Å². The highest BCUT2D eigenvalue weighted by atomic mass is 35.5. The van der Waals surface area contributed by atoms with Gasteiger partial charge in [0.05, 0.1) is 23.0 Å². The Labute approximate surface area is 190 Å². The molecule has 32 heavy (non-hydrogen) atoms. The van der Waals surface area contributed by atoms with Gasteiger partial charge < -0.3 is 0 Å². The summed E-state index contributed by atoms with van der Waals surface area (Å²) in [6.45, 7) is 0. The average Bonchev–Trinajstić information content (AvgIpc) is 2.84. The van der Waals surface area contributed by atoms with Gasteiger partial charge in [-0.15, -0.1) is 0 Å². The number of hydrazone groups is 1. The van der Waals surface area contributed by atoms with Crippen molar-refractivity contribution in [1.29, 1.82) is 0 Å². The molecule has 0 atom stereocenters. The Bertz CT molecular complexity index is 1470. The first-order valence-electron chi connectivity index (χ1n) is 10.2. The van der Waals surface area contributed by atoms with Gasteiger partial charge in [0.2, 0.25) is 0 Å². The molecule has 5 heteroatoms. The number of carbonyl (C=O) groups is 1. The van der Waals surface area contributed by atoms with Crippen molar-refractivity contribution in [3.8, 4) is 11.3 Å². The Kier molecular flexibility index (Phi) is 5.36. The molecular formula is C27H18ClN3O. The fraction of sp³-hybridized carbons (Fsp3) is 0. The van der Waals surface area contributed by atoms with Crippen LogP contribution in [-0.2, 0) is 0 Å². The van der Waals surface area contributed by atoms with Crippen LogP contribution in [0.5, 0.6) is 0 Å². The fourth-order valence-corrected chi connectivity index (χ4v) is 3.84. The van der Waals surface area contributed by atoms with Gasteiger partial charge in [-0.1, -0.05) is 84.4 Å². The van der Waals surface area contributed by atoms with E-state index in [9.17, 15) is 4.79 Å². The molecule has 0 fully saturated rings. The van der Waals surface area contributed by atoms with Gasteiger partial charge in [0, 0.05) is 21.5 Å². The molecule has 0 bridgehead atoms. The van der Waals surface area contributed by atoms with Crippen molar-refractivity contribution in [2.45, 2.75) is 0 Å². The van der Waals surface area contributed by atoms with Crippen molar-refractivity contribution in [3.05, 3.63) is 113 Å². The third-order valence-corrected chi connectivity index (χ3v) is 5.55. The minimum Gasteiger partial charge on any atom is -0.267 e. The maximum absolute atomic E-state index is 13.1. The third kappa shape index (κ3) is 3.96. The Morgan fingerprint density at radius 2 is 1.56 bits per heavy atom. The molecule has 1 heterocycles. The number of hydrogen-bond acceptors (Lipinski definition) is 3. The first-order chi connectivity index (χ1) is 15.7. The molecule has 4 nitrogen and oxygen atoms in total. The molecule has 0 unspecified atom stereocenters. The number of pyridine rings is 1. The van der Waals surface area contributed by atoms with Crippen molar-refractivity contribution >= 4 is 45.4 Å². The molecule has 0 aliphatic heterocycles. The van der Waals surface area contributed by atoms with Gasteiger partial charge in [0.25, 0.3) is 5.91 Å². The minimum absolute atomic E-state index is 0.296. The van der Waals surface area contributed by atoms with Crippen LogP contribution in [0.15, 0.2) is 102 Å². The molecule has 1 N–H and O–H groups in total. The largest absolute Gasteiger partial charge is 0.272 e. The standard InChI is InChI=1S/C27H18ClN3O/c28-21-14-12-19(13-15-21)26-16-24(23-10-3-4-11-25(23)30-26)27(32)31-29-17-20-8-5-7-18-6-1-2-9-22(18)20/h1-17H,(H,31,32)/b29-17+. The Morgan fingerprint density at radius 1 is 0.844 bits per heavy atom. The quantitative estimate of drug-likeness (QED) is 0.259. The van der Waals surface area contributed by atoms with E-state index in [0.717, 1.165) is 32.8 Å². The first-order valence-corrected chi connectivity index (χ1v) is 10.5. The van der Waals surface area contributed by atoms with Gasteiger partial charge in [-0.05, 0) is 35.0 Å². The first kappa shape index (κ1) is 19.9. The number of nitrogens with one attached hydrogen (secondary N) is 1. The van der Waals surface area contributed by atoms with E-state index in [0.29, 0.717) is 16.3 Å². The van der Waals surface area contributed by atoms with Gasteiger partial charge >= 0.3 is 0 Å². The number of amides is 1. The second-order valence-electron chi connectivity index (χ2n) is 7.35. The van der Waals surface area contributed by atoms with Crippen molar-refractivity contribution in [2.24, 2.45) is 5.10 Å². The number of fused-ring (bicyclic) bond motifs is 2. The zero-order valence-corrected chi connectivity index (χ0v) is 17.8. The molecule has 154 valence electrons. The molecule has 0 aliphatic rings. The van der Waals surface area contributed by atoms with Gasteiger partial charge in [0.1, 0.15) is 0 Å². The number of hydrogen-bond donors (Lipinski definition) is 1. The average molecular weight is 436 g/mol. The number of benzene rings is 4. The molecule has 1 aromatic heterocycles. The highest BCUT2D eigenvalue weighted by Crippen LogP contribution is 2.26. The summed E-state index contributed by atoms with van der Waals surface area (Å²) in [4.78, 5) is 17.8. The highest BCUT2D eigenvalue weighted by Gasteiger charge is 2.13. The lowest BCUT2D eigenvalue weighted by Gasteiger charge is -2.09. The molecule has 0 saturated carbocycles. The van der Waals surface area contributed by atoms with Crippen LogP contribution in [0.1, 0.15) is 15.9 Å². The van der Waals surface area contributed by atoms with Crippen LogP contribution in [-0.4, -0.2) is 17.1 Å². The van der Waals surface area contributed by atoms with E-state index in [1.54, 1.807) is 12.3 Å². The van der Waals surface area contributed by atoms with E-state index >= 15 is 0 Å². The third-order valence-electron chi connectivity index (χ3n) is 5.29. The second kappa shape index (κ2) is 8.61. The molecule has 5 aromatic rings. The summed E-state index contributed by atoms with van der Waals surface area (Å²) in [6, 6.07) is 30.8. The normalized spacial score (nSPS) is 11.3. The van der Waals surface area contributed by atoms with Crippen LogP contribution in [0.3, 0.4) is 0 Å². The summed E-state index contributed by atoms with van der Waals surface area (Å²) in [5, 5.41) is 7.84. The van der Waals surface area contributed by atoms with Gasteiger partial charge in [-0.2, -0.15) is 5.10 Å². The summed E-state index contributed by atoms with van der Waals surface area (Å²) < 4.78 is 0. The predicted molar refractivity (Wildman–Crippen MR) is 131 cm³/mol. The van der Waals surface area contributed by atoms with Crippen molar-refractivity contribution in [2.75, 3.05) is 0 Å². The van der Waals surface area contributed by atoms with Crippen LogP contribution in [0.4, 0.5) is 0 Å². The maximum atomic E-state index is 13.1. The summed E-state index contributed by atoms with van der Waals surface area (Å²) in [5.41, 5.74) is 6.44. The SMILES string of the molecule is O=C(N/N=C/c1cccc2ccccc12)c1cc(-c2ccc(Cl)cc2)nc2ccccc12. The van der Waals surface area contributed by atoms with Gasteiger partial charge in [-0.25, -0.2) is 10.4 Å². The van der Waals surface area contributed by atoms with Crippen LogP contribution in [0.2, 0.25) is 5.02 Å². The van der Waals surface area contributed by atoms with Gasteiger partial charge in [-0.3, -0.25) is 4.79 Å². The summed E-state index contributed by atoms with van der Waals surface area (Å²) in [7, 11) is 0. The lowest BCUT2D eigenvalue weighted by atomic mass is 10.0. The molecule has 0 saturated heterocycles. The number of para-hydroxylation sites is 1. The lowest BCUT2D eigenvalue weighted by molar-refractivity contribution is 0.0956. The van der Waals surface area contributed by atoms with Crippen LogP contribution >= 0.6 is 11.6 Å². The van der Waals surface area contributed by atoms with E-state index < -0.39 is 0 Å². The smallest absolute Gasteiger partial charge is 0.267 e. The zero-order chi connectivity index (χ0) is 21.9. The number of rotatable bonds is 4. The van der Waals surface area contributed by atoms with Crippen molar-refractivity contribution in [3.63, 3.8) is 0 Å². The van der Waals surface area contributed by atoms with Crippen LogP contribution < -0.4 is 5.43 Å². The van der Waals surface area contributed by atoms with Crippen molar-refractivity contribution in [1.82, 2.24) is 10.4 Å². The molecular weight excluding hydrogens is 418 g/mol. The van der Waals surface area contributed by atoms with E-state index in [2.05, 4.69) is 10.5 Å². The monoisotopic (exact) mass is 435 g/mol. The Balaban J connectivity index is 1.48. The molecule has 1 amide bonds. The number of carbonyl (C=O) groups excluding carboxylic acids is 1. The summed E-state index contributed by atoms with van der Waals surface area (Å²) in [6.07, 6.45) is 1.67. The van der Waals surface area contributed by atoms with E-state index in [4.69, 9.17) is 16.6 Å². The minimum atomic E-state index is -0.296. The van der Waals surface area contributed by atoms with Gasteiger partial charge in [0.15, 0.2) is 0 Å². The molecule has 4 aromatic carbocycles. The second-order valence-corrected chi connectivity index (χ2v) is 7.78. The van der Waals surface area contributed by atoms with E-state index in [1.807, 2.05) is 91.0 Å². The van der Waals surface area contributed by atoms with Crippen LogP contribution in [0, 0.1) is 0 Å². The molecule has 5 rings (SSSR count). The van der Waals surface area contributed by atoms with Crippen molar-refractivity contribution < 1.29 is 4.79 Å². The molecule has 0 radical (unpaired) electrons. The summed E-state index contributed by atoms with van der Waals surface area (Å²) >= 11 is 6.02. The topological polar surface area (TPSA) is 54.4 Å². The fourth-order valence-electron chi connectivity index (χ4n) is 3.72. The Morgan fingerprint density at radius 3 is 2.41 bits per heavy atom.